The van der Waals surface area contributed by atoms with E-state index in [1.807, 2.05) is 44.2 Å². The summed E-state index contributed by atoms with van der Waals surface area (Å²) in [5.74, 6) is -0.242. The molecule has 1 amide bonds. The Labute approximate surface area is 101 Å². The summed E-state index contributed by atoms with van der Waals surface area (Å²) < 4.78 is 5.27. The van der Waals surface area contributed by atoms with Crippen LogP contribution in [0.2, 0.25) is 0 Å². The summed E-state index contributed by atoms with van der Waals surface area (Å²) >= 11 is 5.89. The molecule has 0 radical (unpaired) electrons. The number of rotatable bonds is 5. The first-order chi connectivity index (χ1) is 7.59. The van der Waals surface area contributed by atoms with Crippen molar-refractivity contribution in [2.75, 3.05) is 11.9 Å². The maximum atomic E-state index is 11.6. The van der Waals surface area contributed by atoms with Crippen molar-refractivity contribution in [2.45, 2.75) is 25.3 Å². The van der Waals surface area contributed by atoms with Crippen LogP contribution in [0.15, 0.2) is 30.3 Å². The normalized spacial score (nSPS) is 12.5. The second kappa shape index (κ2) is 6.51. The first kappa shape index (κ1) is 13.0. The minimum Gasteiger partial charge on any atom is -0.377 e. The van der Waals surface area contributed by atoms with Crippen molar-refractivity contribution < 1.29 is 9.53 Å². The number of carbonyl (C=O) groups is 1. The molecule has 0 aliphatic carbocycles. The molecule has 4 heteroatoms. The number of hydrogen-bond donors (Lipinski definition) is 1. The number of para-hydroxylation sites is 1. The molecule has 0 aliphatic rings. The van der Waals surface area contributed by atoms with Crippen LogP contribution < -0.4 is 5.32 Å². The van der Waals surface area contributed by atoms with Gasteiger partial charge in [-0.15, -0.1) is 11.6 Å². The van der Waals surface area contributed by atoms with Crippen LogP contribution in [0.3, 0.4) is 0 Å². The molecule has 0 fully saturated rings. The molecular weight excluding hydrogens is 226 g/mol. The number of nitrogens with one attached hydrogen (secondary N) is 1. The van der Waals surface area contributed by atoms with E-state index >= 15 is 0 Å². The number of anilines is 1. The number of ether oxygens (including phenoxy) is 1. The summed E-state index contributed by atoms with van der Waals surface area (Å²) in [5.41, 5.74) is 0.739. The number of halogens is 1. The summed E-state index contributed by atoms with van der Waals surface area (Å²) in [6.07, 6.45) is 0.0748. The van der Waals surface area contributed by atoms with Crippen LogP contribution >= 0.6 is 11.6 Å². The van der Waals surface area contributed by atoms with E-state index in [-0.39, 0.29) is 18.6 Å². The quantitative estimate of drug-likeness (QED) is 0.805. The van der Waals surface area contributed by atoms with E-state index in [0.717, 1.165) is 5.69 Å². The van der Waals surface area contributed by atoms with Crippen molar-refractivity contribution in [3.8, 4) is 0 Å². The van der Waals surface area contributed by atoms with Crippen molar-refractivity contribution in [1.82, 2.24) is 0 Å². The van der Waals surface area contributed by atoms with Crippen LogP contribution in [0.1, 0.15) is 13.8 Å². The van der Waals surface area contributed by atoms with Crippen LogP contribution in [-0.2, 0) is 9.53 Å². The van der Waals surface area contributed by atoms with Gasteiger partial charge in [0, 0.05) is 5.69 Å². The van der Waals surface area contributed by atoms with E-state index < -0.39 is 5.38 Å². The van der Waals surface area contributed by atoms with E-state index in [1.54, 1.807) is 0 Å². The second-order valence-electron chi connectivity index (χ2n) is 3.70. The fourth-order valence-electron chi connectivity index (χ4n) is 1.09. The van der Waals surface area contributed by atoms with Crippen molar-refractivity contribution in [3.05, 3.63) is 30.3 Å². The summed E-state index contributed by atoms with van der Waals surface area (Å²) in [6.45, 7) is 4.02. The molecule has 1 unspecified atom stereocenters. The Hall–Kier alpha value is -1.06. The van der Waals surface area contributed by atoms with Crippen LogP contribution in [-0.4, -0.2) is 24.0 Å². The van der Waals surface area contributed by atoms with Crippen molar-refractivity contribution in [2.24, 2.45) is 0 Å². The highest BCUT2D eigenvalue weighted by Gasteiger charge is 2.15. The molecule has 0 spiro atoms. The lowest BCUT2D eigenvalue weighted by atomic mass is 10.3. The SMILES string of the molecule is CC(C)OCC(Cl)C(=O)Nc1ccccc1. The summed E-state index contributed by atoms with van der Waals surface area (Å²) in [5, 5.41) is 2.05. The van der Waals surface area contributed by atoms with Gasteiger partial charge in [-0.3, -0.25) is 4.79 Å². The lowest BCUT2D eigenvalue weighted by molar-refractivity contribution is -0.117. The highest BCUT2D eigenvalue weighted by atomic mass is 35.5. The van der Waals surface area contributed by atoms with Gasteiger partial charge < -0.3 is 10.1 Å². The van der Waals surface area contributed by atoms with Crippen molar-refractivity contribution in [3.63, 3.8) is 0 Å². The lowest BCUT2D eigenvalue weighted by Gasteiger charge is -2.12. The van der Waals surface area contributed by atoms with E-state index in [2.05, 4.69) is 5.32 Å². The highest BCUT2D eigenvalue weighted by Crippen LogP contribution is 2.08. The van der Waals surface area contributed by atoms with Crippen LogP contribution in [0.5, 0.6) is 0 Å². The Morgan fingerprint density at radius 1 is 1.38 bits per heavy atom. The molecule has 0 saturated carbocycles. The zero-order valence-electron chi connectivity index (χ0n) is 9.44. The Morgan fingerprint density at radius 2 is 2.00 bits per heavy atom. The molecule has 0 saturated heterocycles. The number of alkyl halides is 1. The molecule has 1 rings (SSSR count). The molecule has 0 aliphatic heterocycles. The standard InChI is InChI=1S/C12H16ClNO2/c1-9(2)16-8-11(13)12(15)14-10-6-4-3-5-7-10/h3-7,9,11H,8H2,1-2H3,(H,14,15). The van der Waals surface area contributed by atoms with Gasteiger partial charge in [0.25, 0.3) is 0 Å². The average Bonchev–Trinajstić information content (AvgIpc) is 2.27. The minimum absolute atomic E-state index is 0.0748. The van der Waals surface area contributed by atoms with Gasteiger partial charge in [-0.1, -0.05) is 18.2 Å². The predicted molar refractivity (Wildman–Crippen MR) is 65.8 cm³/mol. The van der Waals surface area contributed by atoms with Gasteiger partial charge in [0.15, 0.2) is 0 Å². The van der Waals surface area contributed by atoms with E-state index in [9.17, 15) is 4.79 Å². The third-order valence-electron chi connectivity index (χ3n) is 1.90. The zero-order valence-corrected chi connectivity index (χ0v) is 10.2. The fraction of sp³-hybridized carbons (Fsp3) is 0.417. The summed E-state index contributed by atoms with van der Waals surface area (Å²) in [6, 6.07) is 9.21. The van der Waals surface area contributed by atoms with Crippen molar-refractivity contribution >= 4 is 23.2 Å². The first-order valence-corrected chi connectivity index (χ1v) is 5.65. The van der Waals surface area contributed by atoms with E-state index in [4.69, 9.17) is 16.3 Å². The zero-order chi connectivity index (χ0) is 12.0. The van der Waals surface area contributed by atoms with Crippen molar-refractivity contribution in [1.29, 1.82) is 0 Å². The van der Waals surface area contributed by atoms with Gasteiger partial charge in [-0.2, -0.15) is 0 Å². The second-order valence-corrected chi connectivity index (χ2v) is 4.23. The number of amides is 1. The fourth-order valence-corrected chi connectivity index (χ4v) is 1.22. The number of carbonyl (C=O) groups excluding carboxylic acids is 1. The molecule has 0 bridgehead atoms. The van der Waals surface area contributed by atoms with Gasteiger partial charge >= 0.3 is 0 Å². The summed E-state index contributed by atoms with van der Waals surface area (Å²) in [4.78, 5) is 11.6. The topological polar surface area (TPSA) is 38.3 Å². The van der Waals surface area contributed by atoms with E-state index in [0.29, 0.717) is 0 Å². The van der Waals surface area contributed by atoms with Gasteiger partial charge in [-0.05, 0) is 26.0 Å². The first-order valence-electron chi connectivity index (χ1n) is 5.21. The van der Waals surface area contributed by atoms with Gasteiger partial charge in [0.2, 0.25) is 5.91 Å². The Bertz CT molecular complexity index is 327. The van der Waals surface area contributed by atoms with E-state index in [1.165, 1.54) is 0 Å². The molecule has 1 aromatic carbocycles. The van der Waals surface area contributed by atoms with Gasteiger partial charge in [0.05, 0.1) is 12.7 Å². The number of hydrogen-bond acceptors (Lipinski definition) is 2. The molecule has 88 valence electrons. The molecule has 1 N–H and O–H groups in total. The Morgan fingerprint density at radius 3 is 2.56 bits per heavy atom. The lowest BCUT2D eigenvalue weighted by Crippen LogP contribution is -2.28. The molecular formula is C12H16ClNO2. The minimum atomic E-state index is -0.664. The molecule has 1 atom stereocenters. The molecule has 0 heterocycles. The van der Waals surface area contributed by atoms with Crippen LogP contribution in [0.25, 0.3) is 0 Å². The Kier molecular flexibility index (Phi) is 5.29. The highest BCUT2D eigenvalue weighted by molar-refractivity contribution is 6.32. The Balaban J connectivity index is 2.40. The summed E-state index contributed by atoms with van der Waals surface area (Å²) in [7, 11) is 0. The van der Waals surface area contributed by atoms with Gasteiger partial charge in [-0.25, -0.2) is 0 Å². The maximum Gasteiger partial charge on any atom is 0.244 e. The van der Waals surface area contributed by atoms with Gasteiger partial charge in [0.1, 0.15) is 5.38 Å². The smallest absolute Gasteiger partial charge is 0.244 e. The van der Waals surface area contributed by atoms with Crippen LogP contribution in [0, 0.1) is 0 Å². The molecule has 1 aromatic rings. The molecule has 0 aromatic heterocycles. The monoisotopic (exact) mass is 241 g/mol. The average molecular weight is 242 g/mol. The third kappa shape index (κ3) is 4.64. The molecule has 3 nitrogen and oxygen atoms in total. The van der Waals surface area contributed by atoms with Crippen LogP contribution in [0.4, 0.5) is 5.69 Å². The molecule has 16 heavy (non-hydrogen) atoms. The number of benzene rings is 1. The third-order valence-corrected chi connectivity index (χ3v) is 2.23. The maximum absolute atomic E-state index is 11.6. The largest absolute Gasteiger partial charge is 0.377 e. The predicted octanol–water partition coefficient (Wildman–Crippen LogP) is 2.66.